The zero-order valence-electron chi connectivity index (χ0n) is 12.6. The van der Waals surface area contributed by atoms with E-state index in [1.807, 2.05) is 44.2 Å². The first-order valence-corrected chi connectivity index (χ1v) is 6.90. The lowest BCUT2D eigenvalue weighted by molar-refractivity contribution is 0.315. The van der Waals surface area contributed by atoms with Crippen LogP contribution in [0.15, 0.2) is 24.7 Å². The molecule has 1 unspecified atom stereocenters. The van der Waals surface area contributed by atoms with Gasteiger partial charge < -0.3 is 10.1 Å². The molecule has 1 N–H and O–H groups in total. The fraction of sp³-hybridized carbons (Fsp3) is 0.467. The van der Waals surface area contributed by atoms with Gasteiger partial charge in [-0.1, -0.05) is 6.92 Å². The minimum atomic E-state index is 0.0707. The second-order valence-corrected chi connectivity index (χ2v) is 4.87. The number of hydrogen-bond donors (Lipinski definition) is 1. The smallest absolute Gasteiger partial charge is 0.137 e. The summed E-state index contributed by atoms with van der Waals surface area (Å²) in [6, 6.07) is 2.11. The van der Waals surface area contributed by atoms with Crippen LogP contribution in [0.25, 0.3) is 0 Å². The molecule has 5 nitrogen and oxygen atoms in total. The van der Waals surface area contributed by atoms with Gasteiger partial charge in [-0.2, -0.15) is 5.10 Å². The van der Waals surface area contributed by atoms with Gasteiger partial charge in [0.15, 0.2) is 0 Å². The van der Waals surface area contributed by atoms with Crippen molar-refractivity contribution in [2.75, 3.05) is 13.7 Å². The van der Waals surface area contributed by atoms with Crippen LogP contribution in [0, 0.1) is 6.92 Å². The van der Waals surface area contributed by atoms with E-state index in [4.69, 9.17) is 4.74 Å². The second kappa shape index (κ2) is 6.52. The predicted octanol–water partition coefficient (Wildman–Crippen LogP) is 2.22. The summed E-state index contributed by atoms with van der Waals surface area (Å²) in [5.41, 5.74) is 3.26. The van der Waals surface area contributed by atoms with Crippen LogP contribution in [-0.4, -0.2) is 28.4 Å². The molecule has 5 heteroatoms. The molecular formula is C15H22N4O. The van der Waals surface area contributed by atoms with Gasteiger partial charge in [-0.25, -0.2) is 0 Å². The summed E-state index contributed by atoms with van der Waals surface area (Å²) in [6.45, 7) is 4.82. The lowest BCUT2D eigenvalue weighted by Gasteiger charge is -2.16. The van der Waals surface area contributed by atoms with Crippen molar-refractivity contribution in [3.63, 3.8) is 0 Å². The van der Waals surface area contributed by atoms with Gasteiger partial charge in [0.1, 0.15) is 5.75 Å². The zero-order valence-corrected chi connectivity index (χ0v) is 12.6. The van der Waals surface area contributed by atoms with E-state index in [0.717, 1.165) is 29.0 Å². The van der Waals surface area contributed by atoms with Crippen molar-refractivity contribution in [3.05, 3.63) is 41.5 Å². The molecular weight excluding hydrogens is 252 g/mol. The van der Waals surface area contributed by atoms with Crippen molar-refractivity contribution in [2.45, 2.75) is 26.3 Å². The van der Waals surface area contributed by atoms with E-state index >= 15 is 0 Å². The van der Waals surface area contributed by atoms with Gasteiger partial charge in [0.25, 0.3) is 0 Å². The maximum Gasteiger partial charge on any atom is 0.137 e. The molecule has 2 aromatic heterocycles. The highest BCUT2D eigenvalue weighted by Gasteiger charge is 2.17. The van der Waals surface area contributed by atoms with Crippen LogP contribution in [0.1, 0.15) is 36.2 Å². The highest BCUT2D eigenvalue weighted by molar-refractivity contribution is 5.34. The molecule has 0 aliphatic carbocycles. The van der Waals surface area contributed by atoms with Gasteiger partial charge in [-0.15, -0.1) is 0 Å². The molecule has 0 saturated heterocycles. The van der Waals surface area contributed by atoms with E-state index in [1.54, 1.807) is 6.20 Å². The highest BCUT2D eigenvalue weighted by Crippen LogP contribution is 2.25. The second-order valence-electron chi connectivity index (χ2n) is 4.87. The van der Waals surface area contributed by atoms with Crippen molar-refractivity contribution >= 4 is 0 Å². The maximum absolute atomic E-state index is 5.65. The fourth-order valence-electron chi connectivity index (χ4n) is 2.30. The summed E-state index contributed by atoms with van der Waals surface area (Å²) in [7, 11) is 3.87. The van der Waals surface area contributed by atoms with Crippen LogP contribution >= 0.6 is 0 Å². The van der Waals surface area contributed by atoms with Crippen LogP contribution in [0.5, 0.6) is 5.75 Å². The quantitative estimate of drug-likeness (QED) is 0.877. The number of aromatic nitrogens is 3. The molecule has 108 valence electrons. The molecule has 0 radical (unpaired) electrons. The molecule has 0 aliphatic heterocycles. The molecule has 20 heavy (non-hydrogen) atoms. The first-order valence-electron chi connectivity index (χ1n) is 6.90. The molecule has 0 amide bonds. The van der Waals surface area contributed by atoms with Gasteiger partial charge in [0, 0.05) is 25.0 Å². The van der Waals surface area contributed by atoms with E-state index in [9.17, 15) is 0 Å². The van der Waals surface area contributed by atoms with Crippen molar-refractivity contribution < 1.29 is 4.74 Å². The Kier molecular flexibility index (Phi) is 4.74. The molecule has 2 aromatic rings. The Hall–Kier alpha value is -1.88. The topological polar surface area (TPSA) is 52.0 Å². The van der Waals surface area contributed by atoms with Crippen molar-refractivity contribution in [2.24, 2.45) is 7.05 Å². The normalized spacial score (nSPS) is 12.4. The molecule has 1 atom stereocenters. The molecule has 0 fully saturated rings. The summed E-state index contributed by atoms with van der Waals surface area (Å²) in [4.78, 5) is 4.28. The first-order chi connectivity index (χ1) is 9.65. The Morgan fingerprint density at radius 1 is 1.40 bits per heavy atom. The molecule has 0 bridgehead atoms. The highest BCUT2D eigenvalue weighted by atomic mass is 16.5. The molecule has 0 aliphatic rings. The Bertz CT molecular complexity index is 565. The summed E-state index contributed by atoms with van der Waals surface area (Å²) in [5.74, 6) is 0.811. The number of aryl methyl sites for hydroxylation is 2. The van der Waals surface area contributed by atoms with Gasteiger partial charge in [-0.05, 0) is 32.0 Å². The number of ether oxygens (including phenoxy) is 1. The van der Waals surface area contributed by atoms with Crippen LogP contribution in [-0.2, 0) is 7.05 Å². The van der Waals surface area contributed by atoms with Crippen LogP contribution in [0.2, 0.25) is 0 Å². The molecule has 2 rings (SSSR count). The van der Waals surface area contributed by atoms with Crippen molar-refractivity contribution in [1.82, 2.24) is 20.1 Å². The Balaban J connectivity index is 2.29. The van der Waals surface area contributed by atoms with Crippen LogP contribution in [0.4, 0.5) is 0 Å². The largest absolute Gasteiger partial charge is 0.492 e. The fourth-order valence-corrected chi connectivity index (χ4v) is 2.30. The Labute approximate surface area is 120 Å². The van der Waals surface area contributed by atoms with Crippen molar-refractivity contribution in [3.8, 4) is 5.75 Å². The standard InChI is InChI=1S/C15H22N4O/c1-5-6-20-13-7-12(8-17-9-13)15(16-3)14-10-19(4)18-11(14)2/h7-10,15-16H,5-6H2,1-4H3. The van der Waals surface area contributed by atoms with E-state index in [2.05, 4.69) is 22.3 Å². The molecule has 0 aromatic carbocycles. The number of nitrogens with one attached hydrogen (secondary N) is 1. The number of nitrogens with zero attached hydrogens (tertiary/aromatic N) is 3. The van der Waals surface area contributed by atoms with E-state index in [0.29, 0.717) is 6.61 Å². The third-order valence-electron chi connectivity index (χ3n) is 3.19. The summed E-state index contributed by atoms with van der Waals surface area (Å²) in [5, 5.41) is 7.73. The van der Waals surface area contributed by atoms with E-state index in [-0.39, 0.29) is 6.04 Å². The van der Waals surface area contributed by atoms with Crippen LogP contribution in [0.3, 0.4) is 0 Å². The predicted molar refractivity (Wildman–Crippen MR) is 78.9 cm³/mol. The minimum absolute atomic E-state index is 0.0707. The zero-order chi connectivity index (χ0) is 14.5. The Morgan fingerprint density at radius 2 is 2.20 bits per heavy atom. The van der Waals surface area contributed by atoms with Crippen molar-refractivity contribution in [1.29, 1.82) is 0 Å². The number of hydrogen-bond acceptors (Lipinski definition) is 4. The number of pyridine rings is 1. The minimum Gasteiger partial charge on any atom is -0.492 e. The van der Waals surface area contributed by atoms with E-state index in [1.165, 1.54) is 0 Å². The summed E-state index contributed by atoms with van der Waals surface area (Å²) < 4.78 is 7.48. The average molecular weight is 274 g/mol. The number of rotatable bonds is 6. The third-order valence-corrected chi connectivity index (χ3v) is 3.19. The summed E-state index contributed by atoms with van der Waals surface area (Å²) >= 11 is 0. The summed E-state index contributed by atoms with van der Waals surface area (Å²) in [6.07, 6.45) is 6.64. The monoisotopic (exact) mass is 274 g/mol. The molecule has 0 saturated carbocycles. The van der Waals surface area contributed by atoms with Gasteiger partial charge in [0.2, 0.25) is 0 Å². The first kappa shape index (κ1) is 14.5. The lowest BCUT2D eigenvalue weighted by Crippen LogP contribution is -2.18. The molecule has 2 heterocycles. The van der Waals surface area contributed by atoms with Gasteiger partial charge in [0.05, 0.1) is 24.5 Å². The van der Waals surface area contributed by atoms with Crippen LogP contribution < -0.4 is 10.1 Å². The molecule has 0 spiro atoms. The SMILES string of the molecule is CCCOc1cncc(C(NC)c2cn(C)nc2C)c1. The Morgan fingerprint density at radius 3 is 2.80 bits per heavy atom. The maximum atomic E-state index is 5.65. The lowest BCUT2D eigenvalue weighted by atomic mass is 10.0. The van der Waals surface area contributed by atoms with Gasteiger partial charge in [-0.3, -0.25) is 9.67 Å². The van der Waals surface area contributed by atoms with E-state index < -0.39 is 0 Å². The third kappa shape index (κ3) is 3.17. The average Bonchev–Trinajstić information content (AvgIpc) is 2.77. The van der Waals surface area contributed by atoms with Gasteiger partial charge >= 0.3 is 0 Å².